The number of likely N-dealkylation sites (N-methyl/N-ethyl adjacent to an activating group) is 1. The number of fused-ring (bicyclic) bond motifs is 3. The number of rotatable bonds is 3. The topological polar surface area (TPSA) is 84.5 Å². The molecule has 1 amide bonds. The minimum absolute atomic E-state index is 0.00683. The fourth-order valence-electron chi connectivity index (χ4n) is 4.72. The first kappa shape index (κ1) is 18.6. The largest absolute Gasteiger partial charge is 0.312 e. The van der Waals surface area contributed by atoms with Crippen LogP contribution < -0.4 is 4.90 Å². The van der Waals surface area contributed by atoms with Crippen LogP contribution in [0.1, 0.15) is 34.9 Å². The molecular formula is C20H25N5O3. The lowest BCUT2D eigenvalue weighted by molar-refractivity contribution is -0.386. The molecular weight excluding hydrogens is 358 g/mol. The Balaban J connectivity index is 1.68. The van der Waals surface area contributed by atoms with Crippen LogP contribution in [0.3, 0.4) is 0 Å². The lowest BCUT2D eigenvalue weighted by Gasteiger charge is -2.36. The Hall–Kier alpha value is -2.74. The van der Waals surface area contributed by atoms with Crippen LogP contribution in [0.5, 0.6) is 0 Å². The molecule has 0 spiro atoms. The number of benzene rings is 1. The fourth-order valence-corrected chi connectivity index (χ4v) is 4.72. The van der Waals surface area contributed by atoms with Crippen LogP contribution >= 0.6 is 0 Å². The second-order valence-corrected chi connectivity index (χ2v) is 7.98. The van der Waals surface area contributed by atoms with E-state index in [4.69, 9.17) is 0 Å². The van der Waals surface area contributed by atoms with Gasteiger partial charge in [0.25, 0.3) is 0 Å². The Kier molecular flexibility index (Phi) is 4.45. The minimum atomic E-state index is -0.431. The molecule has 148 valence electrons. The fraction of sp³-hybridized carbons (Fsp3) is 0.500. The molecule has 0 radical (unpaired) electrons. The van der Waals surface area contributed by atoms with Crippen LogP contribution in [0.2, 0.25) is 0 Å². The number of carbonyl (C=O) groups excluding carboxylic acids is 1. The van der Waals surface area contributed by atoms with E-state index < -0.39 is 4.92 Å². The number of nitrogens with zero attached hydrogens (tertiary/aromatic N) is 5. The molecule has 0 saturated carbocycles. The molecule has 0 unspecified atom stereocenters. The van der Waals surface area contributed by atoms with E-state index in [0.29, 0.717) is 17.3 Å². The van der Waals surface area contributed by atoms with E-state index >= 15 is 0 Å². The van der Waals surface area contributed by atoms with Crippen LogP contribution in [-0.2, 0) is 11.3 Å². The average Bonchev–Trinajstić information content (AvgIpc) is 3.08. The van der Waals surface area contributed by atoms with Crippen molar-refractivity contribution in [1.29, 1.82) is 0 Å². The van der Waals surface area contributed by atoms with E-state index in [0.717, 1.165) is 25.2 Å². The van der Waals surface area contributed by atoms with Crippen molar-refractivity contribution in [3.63, 3.8) is 0 Å². The van der Waals surface area contributed by atoms with Crippen LogP contribution in [0.15, 0.2) is 18.2 Å². The van der Waals surface area contributed by atoms with E-state index in [9.17, 15) is 14.9 Å². The molecule has 1 fully saturated rings. The van der Waals surface area contributed by atoms with Crippen LogP contribution in [0.4, 0.5) is 11.4 Å². The van der Waals surface area contributed by atoms with Gasteiger partial charge in [-0.2, -0.15) is 5.10 Å². The summed E-state index contributed by atoms with van der Waals surface area (Å²) in [7, 11) is 2.12. The lowest BCUT2D eigenvalue weighted by atomic mass is 9.89. The highest BCUT2D eigenvalue weighted by Gasteiger charge is 2.44. The van der Waals surface area contributed by atoms with Crippen molar-refractivity contribution < 1.29 is 9.72 Å². The SMILES string of the molecule is Cc1ccc2c(c1)[C@H]1CN(C)CC[C@@H]1N2C(=O)Cn1nc(C)c([N+](=O)[O-])c1C. The molecule has 0 aliphatic carbocycles. The summed E-state index contributed by atoms with van der Waals surface area (Å²) in [6, 6.07) is 6.39. The van der Waals surface area contributed by atoms with Crippen molar-refractivity contribution in [2.45, 2.75) is 45.7 Å². The first-order chi connectivity index (χ1) is 13.3. The summed E-state index contributed by atoms with van der Waals surface area (Å²) < 4.78 is 1.46. The Labute approximate surface area is 163 Å². The maximum atomic E-state index is 13.3. The van der Waals surface area contributed by atoms with E-state index in [1.807, 2.05) is 17.0 Å². The molecule has 2 aliphatic heterocycles. The third-order valence-corrected chi connectivity index (χ3v) is 6.03. The zero-order valence-electron chi connectivity index (χ0n) is 16.7. The van der Waals surface area contributed by atoms with Gasteiger partial charge in [-0.05, 0) is 52.4 Å². The third-order valence-electron chi connectivity index (χ3n) is 6.03. The Morgan fingerprint density at radius 2 is 2.07 bits per heavy atom. The predicted octanol–water partition coefficient (Wildman–Crippen LogP) is 2.55. The summed E-state index contributed by atoms with van der Waals surface area (Å²) >= 11 is 0. The summed E-state index contributed by atoms with van der Waals surface area (Å²) in [6.07, 6.45) is 0.915. The minimum Gasteiger partial charge on any atom is -0.307 e. The van der Waals surface area contributed by atoms with Gasteiger partial charge >= 0.3 is 5.69 Å². The van der Waals surface area contributed by atoms with E-state index in [2.05, 4.69) is 30.0 Å². The average molecular weight is 383 g/mol. The molecule has 8 nitrogen and oxygen atoms in total. The zero-order valence-corrected chi connectivity index (χ0v) is 16.7. The maximum absolute atomic E-state index is 13.3. The quantitative estimate of drug-likeness (QED) is 0.601. The Morgan fingerprint density at radius 1 is 1.32 bits per heavy atom. The molecule has 8 heteroatoms. The molecule has 28 heavy (non-hydrogen) atoms. The van der Waals surface area contributed by atoms with Crippen LogP contribution in [0.25, 0.3) is 0 Å². The second-order valence-electron chi connectivity index (χ2n) is 7.98. The monoisotopic (exact) mass is 383 g/mol. The van der Waals surface area contributed by atoms with Gasteiger partial charge in [-0.1, -0.05) is 17.7 Å². The molecule has 2 aliphatic rings. The number of hydrogen-bond acceptors (Lipinski definition) is 5. The number of likely N-dealkylation sites (tertiary alicyclic amines) is 1. The van der Waals surface area contributed by atoms with Gasteiger partial charge in [0.05, 0.1) is 4.92 Å². The first-order valence-corrected chi connectivity index (χ1v) is 9.57. The van der Waals surface area contributed by atoms with Crippen molar-refractivity contribution in [3.8, 4) is 0 Å². The predicted molar refractivity (Wildman–Crippen MR) is 106 cm³/mol. The number of amides is 1. The van der Waals surface area contributed by atoms with Crippen molar-refractivity contribution in [3.05, 3.63) is 50.8 Å². The highest BCUT2D eigenvalue weighted by molar-refractivity contribution is 5.96. The molecule has 3 heterocycles. The van der Waals surface area contributed by atoms with E-state index in [1.165, 1.54) is 15.8 Å². The summed E-state index contributed by atoms with van der Waals surface area (Å²) in [5.41, 5.74) is 4.13. The summed E-state index contributed by atoms with van der Waals surface area (Å²) in [5.74, 6) is 0.232. The standard InChI is InChI=1S/C20H25N5O3/c1-12-5-6-17-15(9-12)16-10-22(4)8-7-18(16)24(17)19(26)11-23-14(3)20(25(27)28)13(2)21-23/h5-6,9,16,18H,7-8,10-11H2,1-4H3/t16-,18+/m1/s1. The van der Waals surface area contributed by atoms with Gasteiger partial charge in [0.2, 0.25) is 5.91 Å². The van der Waals surface area contributed by atoms with Gasteiger partial charge in [-0.25, -0.2) is 0 Å². The Morgan fingerprint density at radius 3 is 2.75 bits per heavy atom. The number of hydrogen-bond donors (Lipinski definition) is 0. The van der Waals surface area contributed by atoms with Crippen LogP contribution in [0, 0.1) is 30.9 Å². The van der Waals surface area contributed by atoms with Gasteiger partial charge in [0.1, 0.15) is 17.9 Å². The maximum Gasteiger partial charge on any atom is 0.312 e. The summed E-state index contributed by atoms with van der Waals surface area (Å²) in [4.78, 5) is 28.4. The van der Waals surface area contributed by atoms with Gasteiger partial charge in [-0.3, -0.25) is 19.6 Å². The van der Waals surface area contributed by atoms with Gasteiger partial charge < -0.3 is 9.80 Å². The molecule has 1 saturated heterocycles. The zero-order chi connectivity index (χ0) is 20.2. The van der Waals surface area contributed by atoms with Crippen molar-refractivity contribution >= 4 is 17.3 Å². The molecule has 2 atom stereocenters. The molecule has 4 rings (SSSR count). The highest BCUT2D eigenvalue weighted by Crippen LogP contribution is 2.45. The van der Waals surface area contributed by atoms with E-state index in [-0.39, 0.29) is 24.2 Å². The number of piperidine rings is 1. The number of aryl methyl sites for hydroxylation is 2. The van der Waals surface area contributed by atoms with Gasteiger partial charge in [0.15, 0.2) is 0 Å². The first-order valence-electron chi connectivity index (χ1n) is 9.57. The van der Waals surface area contributed by atoms with E-state index in [1.54, 1.807) is 13.8 Å². The number of aromatic nitrogens is 2. The highest BCUT2D eigenvalue weighted by atomic mass is 16.6. The molecule has 1 aromatic carbocycles. The summed E-state index contributed by atoms with van der Waals surface area (Å²) in [5, 5.41) is 15.5. The molecule has 2 aromatic rings. The van der Waals surface area contributed by atoms with Crippen molar-refractivity contribution in [1.82, 2.24) is 14.7 Å². The Bertz CT molecular complexity index is 967. The molecule has 0 N–H and O–H groups in total. The van der Waals surface area contributed by atoms with Gasteiger partial charge in [0, 0.05) is 24.2 Å². The third kappa shape index (κ3) is 2.88. The number of nitro groups is 1. The molecule has 0 bridgehead atoms. The van der Waals surface area contributed by atoms with Crippen molar-refractivity contribution in [2.24, 2.45) is 0 Å². The summed E-state index contributed by atoms with van der Waals surface area (Å²) in [6.45, 7) is 7.20. The van der Waals surface area contributed by atoms with Crippen molar-refractivity contribution in [2.75, 3.05) is 25.0 Å². The smallest absolute Gasteiger partial charge is 0.307 e. The normalized spacial score (nSPS) is 21.5. The van der Waals surface area contributed by atoms with Crippen LogP contribution in [-0.4, -0.2) is 51.7 Å². The van der Waals surface area contributed by atoms with Gasteiger partial charge in [-0.15, -0.1) is 0 Å². The molecule has 1 aromatic heterocycles. The number of anilines is 1. The number of carbonyl (C=O) groups is 1. The lowest BCUT2D eigenvalue weighted by Crippen LogP contribution is -2.48. The second kappa shape index (κ2) is 6.70.